The Kier molecular flexibility index (Phi) is 10.9. The van der Waals surface area contributed by atoms with Crippen LogP contribution in [-0.4, -0.2) is 64.4 Å². The third-order valence-electron chi connectivity index (χ3n) is 7.59. The molecule has 1 atom stereocenters. The van der Waals surface area contributed by atoms with Crippen LogP contribution in [0.15, 0.2) is 42.5 Å². The molecule has 1 unspecified atom stereocenters. The van der Waals surface area contributed by atoms with E-state index in [1.165, 1.54) is 12.8 Å². The molecular weight excluding hydrogens is 492 g/mol. The van der Waals surface area contributed by atoms with E-state index in [0.717, 1.165) is 82.0 Å². The monoisotopic (exact) mass is 536 g/mol. The molecule has 8 heteroatoms. The van der Waals surface area contributed by atoms with Crippen LogP contribution in [0.2, 0.25) is 0 Å². The Bertz CT molecular complexity index is 1080. The molecule has 2 fully saturated rings. The standard InChI is InChI=1S/C31H44N4O4/c1-3-4-5-6-7-14-30(36)33-24-15-16-27(26(22-24)31(37)32-23-25-11-10-21-39-25)34-17-19-35(20-18-34)28-12-8-9-13-29(28)38-2/h8-9,12-13,15-16,22,25H,3-7,10-11,14,17-21,23H2,1-2H3,(H,32,37)(H,33,36). The van der Waals surface area contributed by atoms with Crippen molar-refractivity contribution < 1.29 is 19.1 Å². The van der Waals surface area contributed by atoms with Gasteiger partial charge in [-0.1, -0.05) is 44.7 Å². The average Bonchev–Trinajstić information content (AvgIpc) is 3.50. The summed E-state index contributed by atoms with van der Waals surface area (Å²) >= 11 is 0. The molecule has 0 spiro atoms. The summed E-state index contributed by atoms with van der Waals surface area (Å²) in [5.74, 6) is 0.726. The highest BCUT2D eigenvalue weighted by Gasteiger charge is 2.25. The number of unbranched alkanes of at least 4 members (excludes halogenated alkanes) is 4. The molecule has 4 rings (SSSR count). The summed E-state index contributed by atoms with van der Waals surface area (Å²) in [5, 5.41) is 6.09. The van der Waals surface area contributed by atoms with E-state index in [0.29, 0.717) is 24.2 Å². The van der Waals surface area contributed by atoms with Crippen molar-refractivity contribution in [2.75, 3.05) is 61.6 Å². The van der Waals surface area contributed by atoms with E-state index in [1.807, 2.05) is 36.4 Å². The van der Waals surface area contributed by atoms with Crippen molar-refractivity contribution in [1.29, 1.82) is 0 Å². The van der Waals surface area contributed by atoms with Crippen molar-refractivity contribution >= 4 is 28.9 Å². The molecule has 39 heavy (non-hydrogen) atoms. The molecule has 0 aromatic heterocycles. The van der Waals surface area contributed by atoms with Gasteiger partial charge in [-0.05, 0) is 49.6 Å². The first-order chi connectivity index (χ1) is 19.1. The molecule has 0 aliphatic carbocycles. The van der Waals surface area contributed by atoms with Crippen LogP contribution >= 0.6 is 0 Å². The summed E-state index contributed by atoms with van der Waals surface area (Å²) < 4.78 is 11.3. The number of hydrogen-bond acceptors (Lipinski definition) is 6. The predicted molar refractivity (Wildman–Crippen MR) is 157 cm³/mol. The van der Waals surface area contributed by atoms with Gasteiger partial charge in [0, 0.05) is 57.1 Å². The highest BCUT2D eigenvalue weighted by molar-refractivity contribution is 6.02. The number of carbonyl (C=O) groups excluding carboxylic acids is 2. The molecule has 2 aliphatic heterocycles. The molecule has 2 aromatic carbocycles. The van der Waals surface area contributed by atoms with Crippen LogP contribution in [-0.2, 0) is 9.53 Å². The van der Waals surface area contributed by atoms with Crippen LogP contribution in [0.4, 0.5) is 17.1 Å². The molecule has 0 saturated carbocycles. The van der Waals surface area contributed by atoms with Gasteiger partial charge in [-0.2, -0.15) is 0 Å². The lowest BCUT2D eigenvalue weighted by atomic mass is 10.1. The van der Waals surface area contributed by atoms with Gasteiger partial charge in [0.25, 0.3) is 5.91 Å². The maximum atomic E-state index is 13.4. The topological polar surface area (TPSA) is 83.1 Å². The van der Waals surface area contributed by atoms with Gasteiger partial charge >= 0.3 is 0 Å². The van der Waals surface area contributed by atoms with Crippen molar-refractivity contribution in [2.45, 2.75) is 64.4 Å². The van der Waals surface area contributed by atoms with Gasteiger partial charge < -0.3 is 29.9 Å². The molecule has 212 valence electrons. The number of hydrogen-bond donors (Lipinski definition) is 2. The fourth-order valence-corrected chi connectivity index (χ4v) is 5.37. The number of carbonyl (C=O) groups is 2. The van der Waals surface area contributed by atoms with Gasteiger partial charge in [0.2, 0.25) is 5.91 Å². The van der Waals surface area contributed by atoms with Crippen LogP contribution < -0.4 is 25.2 Å². The van der Waals surface area contributed by atoms with Crippen LogP contribution in [0.25, 0.3) is 0 Å². The van der Waals surface area contributed by atoms with Crippen LogP contribution in [0.1, 0.15) is 68.6 Å². The molecule has 2 aliphatic rings. The van der Waals surface area contributed by atoms with Crippen molar-refractivity contribution in [2.24, 2.45) is 0 Å². The number of anilines is 3. The SMILES string of the molecule is CCCCCCCC(=O)Nc1ccc(N2CCN(c3ccccc3OC)CC2)c(C(=O)NCC2CCCO2)c1. The first-order valence-corrected chi connectivity index (χ1v) is 14.6. The van der Waals surface area contributed by atoms with Crippen molar-refractivity contribution in [1.82, 2.24) is 5.32 Å². The molecule has 2 saturated heterocycles. The minimum absolute atomic E-state index is 0.00427. The van der Waals surface area contributed by atoms with E-state index in [9.17, 15) is 9.59 Å². The third-order valence-corrected chi connectivity index (χ3v) is 7.59. The van der Waals surface area contributed by atoms with Gasteiger partial charge in [0.05, 0.1) is 24.5 Å². The molecule has 2 N–H and O–H groups in total. The second-order valence-electron chi connectivity index (χ2n) is 10.4. The lowest BCUT2D eigenvalue weighted by molar-refractivity contribution is -0.116. The number of piperazine rings is 1. The number of para-hydroxylation sites is 2. The van der Waals surface area contributed by atoms with E-state index in [2.05, 4.69) is 33.4 Å². The fourth-order valence-electron chi connectivity index (χ4n) is 5.37. The summed E-state index contributed by atoms with van der Waals surface area (Å²) in [7, 11) is 1.70. The largest absolute Gasteiger partial charge is 0.495 e. The molecule has 0 radical (unpaired) electrons. The number of nitrogens with zero attached hydrogens (tertiary/aromatic N) is 2. The van der Waals surface area contributed by atoms with Crippen molar-refractivity contribution in [3.8, 4) is 5.75 Å². The van der Waals surface area contributed by atoms with Gasteiger partial charge in [0.1, 0.15) is 5.75 Å². The second-order valence-corrected chi connectivity index (χ2v) is 10.4. The van der Waals surface area contributed by atoms with Crippen LogP contribution in [0, 0.1) is 0 Å². The summed E-state index contributed by atoms with van der Waals surface area (Å²) in [6, 6.07) is 13.8. The third kappa shape index (κ3) is 8.12. The summed E-state index contributed by atoms with van der Waals surface area (Å²) in [6.07, 6.45) is 8.07. The summed E-state index contributed by atoms with van der Waals surface area (Å²) in [5.41, 5.74) is 3.21. The van der Waals surface area contributed by atoms with Crippen molar-refractivity contribution in [3.05, 3.63) is 48.0 Å². The van der Waals surface area contributed by atoms with E-state index in [-0.39, 0.29) is 17.9 Å². The Labute approximate surface area is 233 Å². The maximum Gasteiger partial charge on any atom is 0.253 e. The number of rotatable bonds is 13. The maximum absolute atomic E-state index is 13.4. The zero-order chi connectivity index (χ0) is 27.5. The van der Waals surface area contributed by atoms with Gasteiger partial charge in [0.15, 0.2) is 0 Å². The van der Waals surface area contributed by atoms with Gasteiger partial charge in [-0.15, -0.1) is 0 Å². The molecule has 2 aromatic rings. The lowest BCUT2D eigenvalue weighted by Crippen LogP contribution is -2.47. The summed E-state index contributed by atoms with van der Waals surface area (Å²) in [6.45, 7) is 6.60. The number of amides is 2. The number of ether oxygens (including phenoxy) is 2. The lowest BCUT2D eigenvalue weighted by Gasteiger charge is -2.38. The van der Waals surface area contributed by atoms with Crippen molar-refractivity contribution in [3.63, 3.8) is 0 Å². The zero-order valence-electron chi connectivity index (χ0n) is 23.5. The quantitative estimate of drug-likeness (QED) is 0.341. The van der Waals surface area contributed by atoms with E-state index < -0.39 is 0 Å². The predicted octanol–water partition coefficient (Wildman–Crippen LogP) is 5.23. The molecule has 0 bridgehead atoms. The average molecular weight is 537 g/mol. The normalized spacial score (nSPS) is 17.2. The van der Waals surface area contributed by atoms with Crippen LogP contribution in [0.3, 0.4) is 0 Å². The molecule has 2 heterocycles. The Hall–Kier alpha value is -3.26. The fraction of sp³-hybridized carbons (Fsp3) is 0.548. The number of nitrogens with one attached hydrogen (secondary N) is 2. The smallest absolute Gasteiger partial charge is 0.253 e. The first kappa shape index (κ1) is 28.7. The number of benzene rings is 2. The second kappa shape index (κ2) is 14.8. The highest BCUT2D eigenvalue weighted by atomic mass is 16.5. The highest BCUT2D eigenvalue weighted by Crippen LogP contribution is 2.31. The molecule has 8 nitrogen and oxygen atoms in total. The van der Waals surface area contributed by atoms with Crippen LogP contribution in [0.5, 0.6) is 5.75 Å². The zero-order valence-corrected chi connectivity index (χ0v) is 23.5. The Morgan fingerprint density at radius 1 is 0.974 bits per heavy atom. The van der Waals surface area contributed by atoms with E-state index in [4.69, 9.17) is 9.47 Å². The Balaban J connectivity index is 1.44. The molecule has 2 amide bonds. The summed E-state index contributed by atoms with van der Waals surface area (Å²) in [4.78, 5) is 30.6. The molecular formula is C31H44N4O4. The Morgan fingerprint density at radius 2 is 1.72 bits per heavy atom. The first-order valence-electron chi connectivity index (χ1n) is 14.6. The Morgan fingerprint density at radius 3 is 2.44 bits per heavy atom. The van der Waals surface area contributed by atoms with E-state index in [1.54, 1.807) is 7.11 Å². The van der Waals surface area contributed by atoms with E-state index >= 15 is 0 Å². The van der Waals surface area contributed by atoms with Gasteiger partial charge in [-0.25, -0.2) is 0 Å². The van der Waals surface area contributed by atoms with Gasteiger partial charge in [-0.3, -0.25) is 9.59 Å². The number of methoxy groups -OCH3 is 1. The minimum atomic E-state index is -0.136. The minimum Gasteiger partial charge on any atom is -0.495 e.